The van der Waals surface area contributed by atoms with Gasteiger partial charge < -0.3 is 14.8 Å². The van der Waals surface area contributed by atoms with Crippen LogP contribution >= 0.6 is 0 Å². The molecule has 7 heteroatoms. The first-order valence-corrected chi connectivity index (χ1v) is 7.83. The molecule has 0 aromatic heterocycles. The lowest BCUT2D eigenvalue weighted by molar-refractivity contribution is -0.384. The number of anilines is 1. The van der Waals surface area contributed by atoms with Crippen LogP contribution in [0.4, 0.5) is 11.4 Å². The lowest BCUT2D eigenvalue weighted by Crippen LogP contribution is -2.21. The number of carbonyl (C=O) groups excluding carboxylic acids is 1. The molecule has 0 aliphatic carbocycles. The Morgan fingerprint density at radius 1 is 1.12 bits per heavy atom. The van der Waals surface area contributed by atoms with Gasteiger partial charge in [0.25, 0.3) is 11.6 Å². The highest BCUT2D eigenvalue weighted by atomic mass is 16.6. The molecule has 1 amide bonds. The average Bonchev–Trinajstić information content (AvgIpc) is 2.58. The topological polar surface area (TPSA) is 90.7 Å². The zero-order chi connectivity index (χ0) is 18.4. The molecule has 0 fully saturated rings. The molecule has 0 radical (unpaired) electrons. The van der Waals surface area contributed by atoms with Crippen LogP contribution < -0.4 is 14.8 Å². The van der Waals surface area contributed by atoms with Gasteiger partial charge in [0, 0.05) is 6.07 Å². The second-order valence-corrected chi connectivity index (χ2v) is 5.38. The summed E-state index contributed by atoms with van der Waals surface area (Å²) in [5, 5.41) is 13.7. The van der Waals surface area contributed by atoms with E-state index in [1.54, 1.807) is 37.3 Å². The first kappa shape index (κ1) is 18.3. The van der Waals surface area contributed by atoms with Crippen molar-refractivity contribution in [3.05, 3.63) is 57.6 Å². The molecule has 1 N–H and O–H groups in total. The highest BCUT2D eigenvalue weighted by Crippen LogP contribution is 2.30. The van der Waals surface area contributed by atoms with E-state index in [4.69, 9.17) is 9.47 Å². The van der Waals surface area contributed by atoms with E-state index < -0.39 is 10.8 Å². The maximum absolute atomic E-state index is 12.2. The van der Waals surface area contributed by atoms with E-state index in [2.05, 4.69) is 5.32 Å². The zero-order valence-electron chi connectivity index (χ0n) is 14.4. The molecule has 2 aromatic carbocycles. The van der Waals surface area contributed by atoms with Crippen LogP contribution in [0.2, 0.25) is 0 Å². The minimum absolute atomic E-state index is 0.147. The molecule has 0 aliphatic rings. The largest absolute Gasteiger partial charge is 0.490 e. The fourth-order valence-corrected chi connectivity index (χ4v) is 2.27. The molecule has 0 saturated heterocycles. The minimum atomic E-state index is -0.521. The number of nitro benzene ring substituents is 1. The summed E-state index contributed by atoms with van der Waals surface area (Å²) in [7, 11) is 0. The molecule has 0 saturated carbocycles. The van der Waals surface area contributed by atoms with E-state index in [1.165, 1.54) is 6.07 Å². The van der Waals surface area contributed by atoms with E-state index in [0.29, 0.717) is 23.7 Å². The molecule has 7 nitrogen and oxygen atoms in total. The van der Waals surface area contributed by atoms with Crippen molar-refractivity contribution < 1.29 is 19.2 Å². The molecule has 2 aromatic rings. The van der Waals surface area contributed by atoms with Crippen molar-refractivity contribution >= 4 is 17.3 Å². The molecule has 0 spiro atoms. The number of aryl methyl sites for hydroxylation is 1. The van der Waals surface area contributed by atoms with Gasteiger partial charge >= 0.3 is 0 Å². The van der Waals surface area contributed by atoms with Gasteiger partial charge in [-0.05, 0) is 44.0 Å². The molecule has 25 heavy (non-hydrogen) atoms. The van der Waals surface area contributed by atoms with Gasteiger partial charge in [0.15, 0.2) is 18.1 Å². The molecular weight excluding hydrogens is 324 g/mol. The Morgan fingerprint density at radius 2 is 1.76 bits per heavy atom. The predicted octanol–water partition coefficient (Wildman–Crippen LogP) is 3.63. The maximum Gasteiger partial charge on any atom is 0.293 e. The van der Waals surface area contributed by atoms with Gasteiger partial charge in [-0.25, -0.2) is 0 Å². The lowest BCUT2D eigenvalue weighted by Gasteiger charge is -2.13. The number of rotatable bonds is 7. The molecule has 2 rings (SSSR count). The fourth-order valence-electron chi connectivity index (χ4n) is 2.27. The van der Waals surface area contributed by atoms with E-state index in [9.17, 15) is 14.9 Å². The number of benzene rings is 2. The second-order valence-electron chi connectivity index (χ2n) is 5.38. The first-order chi connectivity index (χ1) is 11.9. The Hall–Kier alpha value is -3.09. The Morgan fingerprint density at radius 3 is 2.36 bits per heavy atom. The van der Waals surface area contributed by atoms with Gasteiger partial charge in [-0.3, -0.25) is 14.9 Å². The standard InChI is InChI=1S/C18H20N2O5/c1-4-24-15-7-5-6-8-16(15)25-11-17(21)19-18-13(3)12(2)9-10-14(18)20(22)23/h5-10H,4,11H2,1-3H3,(H,19,21). The Kier molecular flexibility index (Phi) is 5.94. The summed E-state index contributed by atoms with van der Waals surface area (Å²) in [6, 6.07) is 10.0. The summed E-state index contributed by atoms with van der Waals surface area (Å²) < 4.78 is 10.9. The normalized spacial score (nSPS) is 10.2. The molecule has 0 unspecified atom stereocenters. The van der Waals surface area contributed by atoms with Crippen molar-refractivity contribution in [2.45, 2.75) is 20.8 Å². The van der Waals surface area contributed by atoms with Crippen molar-refractivity contribution in [2.75, 3.05) is 18.5 Å². The van der Waals surface area contributed by atoms with Crippen LogP contribution in [0.5, 0.6) is 11.5 Å². The van der Waals surface area contributed by atoms with Crippen molar-refractivity contribution in [1.29, 1.82) is 0 Å². The van der Waals surface area contributed by atoms with Crippen LogP contribution in [0.15, 0.2) is 36.4 Å². The van der Waals surface area contributed by atoms with Gasteiger partial charge in [0.2, 0.25) is 0 Å². The number of para-hydroxylation sites is 2. The number of hydrogen-bond acceptors (Lipinski definition) is 5. The van der Waals surface area contributed by atoms with Crippen molar-refractivity contribution in [2.24, 2.45) is 0 Å². The molecule has 0 atom stereocenters. The fraction of sp³-hybridized carbons (Fsp3) is 0.278. The summed E-state index contributed by atoms with van der Waals surface area (Å²) >= 11 is 0. The zero-order valence-corrected chi connectivity index (χ0v) is 14.4. The highest BCUT2D eigenvalue weighted by Gasteiger charge is 2.19. The Labute approximate surface area is 145 Å². The summed E-state index contributed by atoms with van der Waals surface area (Å²) in [4.78, 5) is 22.8. The van der Waals surface area contributed by atoms with E-state index in [0.717, 1.165) is 5.56 Å². The summed E-state index contributed by atoms with van der Waals surface area (Å²) in [6.45, 7) is 5.59. The maximum atomic E-state index is 12.2. The minimum Gasteiger partial charge on any atom is -0.490 e. The highest BCUT2D eigenvalue weighted by molar-refractivity contribution is 5.95. The van der Waals surface area contributed by atoms with E-state index in [-0.39, 0.29) is 18.0 Å². The molecule has 132 valence electrons. The van der Waals surface area contributed by atoms with Gasteiger partial charge in [-0.1, -0.05) is 18.2 Å². The number of amides is 1. The smallest absolute Gasteiger partial charge is 0.293 e. The monoisotopic (exact) mass is 344 g/mol. The Balaban J connectivity index is 2.12. The molecular formula is C18H20N2O5. The van der Waals surface area contributed by atoms with Crippen LogP contribution in [0.3, 0.4) is 0 Å². The molecule has 0 bridgehead atoms. The third-order valence-electron chi connectivity index (χ3n) is 3.68. The molecule has 0 heterocycles. The number of ether oxygens (including phenoxy) is 2. The average molecular weight is 344 g/mol. The van der Waals surface area contributed by atoms with Gasteiger partial charge in [0.05, 0.1) is 11.5 Å². The van der Waals surface area contributed by atoms with E-state index in [1.807, 2.05) is 13.8 Å². The number of hydrogen-bond donors (Lipinski definition) is 1. The summed E-state index contributed by atoms with van der Waals surface area (Å²) in [5.74, 6) is 0.494. The van der Waals surface area contributed by atoms with Gasteiger partial charge in [-0.2, -0.15) is 0 Å². The van der Waals surface area contributed by atoms with Crippen molar-refractivity contribution in [3.63, 3.8) is 0 Å². The second kappa shape index (κ2) is 8.14. The van der Waals surface area contributed by atoms with Crippen LogP contribution in [-0.4, -0.2) is 24.0 Å². The van der Waals surface area contributed by atoms with Crippen molar-refractivity contribution in [1.82, 2.24) is 0 Å². The third-order valence-corrected chi connectivity index (χ3v) is 3.68. The third kappa shape index (κ3) is 4.47. The van der Waals surface area contributed by atoms with Crippen molar-refractivity contribution in [3.8, 4) is 11.5 Å². The number of carbonyl (C=O) groups is 1. The molecule has 0 aliphatic heterocycles. The van der Waals surface area contributed by atoms with Crippen LogP contribution in [0.25, 0.3) is 0 Å². The quantitative estimate of drug-likeness (QED) is 0.612. The summed E-state index contributed by atoms with van der Waals surface area (Å²) in [6.07, 6.45) is 0. The Bertz CT molecular complexity index is 789. The SMILES string of the molecule is CCOc1ccccc1OCC(=O)Nc1c([N+](=O)[O-])ccc(C)c1C. The van der Waals surface area contributed by atoms with Crippen LogP contribution in [0, 0.1) is 24.0 Å². The van der Waals surface area contributed by atoms with Crippen LogP contribution in [0.1, 0.15) is 18.1 Å². The number of nitrogens with zero attached hydrogens (tertiary/aromatic N) is 1. The summed E-state index contributed by atoms with van der Waals surface area (Å²) in [5.41, 5.74) is 1.55. The van der Waals surface area contributed by atoms with Gasteiger partial charge in [-0.15, -0.1) is 0 Å². The first-order valence-electron chi connectivity index (χ1n) is 7.83. The van der Waals surface area contributed by atoms with E-state index >= 15 is 0 Å². The van der Waals surface area contributed by atoms with Gasteiger partial charge in [0.1, 0.15) is 5.69 Å². The number of nitrogens with one attached hydrogen (secondary N) is 1. The number of nitro groups is 1. The van der Waals surface area contributed by atoms with Crippen LogP contribution in [-0.2, 0) is 4.79 Å². The predicted molar refractivity (Wildman–Crippen MR) is 94.3 cm³/mol. The lowest BCUT2D eigenvalue weighted by atomic mass is 10.1.